The fourth-order valence-corrected chi connectivity index (χ4v) is 3.69. The molecule has 0 saturated carbocycles. The molecule has 1 heterocycles. The van der Waals surface area contributed by atoms with E-state index in [9.17, 15) is 5.11 Å². The predicted molar refractivity (Wildman–Crippen MR) is 112 cm³/mol. The third-order valence-corrected chi connectivity index (χ3v) is 5.00. The number of benzene rings is 3. The number of nitrogens with one attached hydrogen (secondary N) is 1. The molecule has 4 nitrogen and oxygen atoms in total. The van der Waals surface area contributed by atoms with E-state index in [1.165, 1.54) is 10.8 Å². The molecule has 0 radical (unpaired) electrons. The highest BCUT2D eigenvalue weighted by Crippen LogP contribution is 2.30. The van der Waals surface area contributed by atoms with Crippen molar-refractivity contribution in [1.82, 2.24) is 4.57 Å². The maximum atomic E-state index is 10.7. The molecular formula is C22H21ClN2O2. The summed E-state index contributed by atoms with van der Waals surface area (Å²) in [6.45, 7) is 0.876. The van der Waals surface area contributed by atoms with Crippen molar-refractivity contribution in [2.75, 3.05) is 19.0 Å². The van der Waals surface area contributed by atoms with Gasteiger partial charge in [0, 0.05) is 33.4 Å². The van der Waals surface area contributed by atoms with Crippen molar-refractivity contribution in [2.24, 2.45) is 0 Å². The summed E-state index contributed by atoms with van der Waals surface area (Å²) in [7, 11) is 1.61. The first-order valence-corrected chi connectivity index (χ1v) is 9.26. The number of fused-ring (bicyclic) bond motifs is 3. The topological polar surface area (TPSA) is 46.4 Å². The summed E-state index contributed by atoms with van der Waals surface area (Å²) in [5.41, 5.74) is 3.02. The van der Waals surface area contributed by atoms with E-state index in [0.717, 1.165) is 16.7 Å². The average Bonchev–Trinajstić information content (AvgIpc) is 3.01. The van der Waals surface area contributed by atoms with Crippen LogP contribution in [0.5, 0.6) is 5.75 Å². The first kappa shape index (κ1) is 17.7. The number of aromatic nitrogens is 1. The number of rotatable bonds is 6. The van der Waals surface area contributed by atoms with Gasteiger partial charge in [-0.2, -0.15) is 0 Å². The van der Waals surface area contributed by atoms with E-state index in [-0.39, 0.29) is 0 Å². The van der Waals surface area contributed by atoms with E-state index in [2.05, 4.69) is 34.1 Å². The standard InChI is InChI=1S/C22H21ClN2O2/c1-27-22-11-10-15(23)12-19(22)24-13-16(26)14-25-20-8-4-2-6-17(20)18-7-3-5-9-21(18)25/h2-12,16,24,26H,13-14H2,1H3/t16-/m0/s1. The molecule has 0 amide bonds. The Morgan fingerprint density at radius 3 is 2.26 bits per heavy atom. The number of para-hydroxylation sites is 2. The molecule has 0 spiro atoms. The monoisotopic (exact) mass is 380 g/mol. The van der Waals surface area contributed by atoms with Crippen molar-refractivity contribution in [1.29, 1.82) is 0 Å². The molecule has 5 heteroatoms. The van der Waals surface area contributed by atoms with Crippen molar-refractivity contribution in [2.45, 2.75) is 12.6 Å². The van der Waals surface area contributed by atoms with Crippen molar-refractivity contribution in [3.63, 3.8) is 0 Å². The van der Waals surface area contributed by atoms with Gasteiger partial charge in [0.2, 0.25) is 0 Å². The minimum atomic E-state index is -0.576. The third kappa shape index (κ3) is 3.46. The summed E-state index contributed by atoms with van der Waals surface area (Å²) in [5, 5.41) is 16.9. The number of hydrogen-bond acceptors (Lipinski definition) is 3. The summed E-state index contributed by atoms with van der Waals surface area (Å²) in [5.74, 6) is 0.698. The lowest BCUT2D eigenvalue weighted by atomic mass is 10.2. The zero-order chi connectivity index (χ0) is 18.8. The smallest absolute Gasteiger partial charge is 0.142 e. The maximum absolute atomic E-state index is 10.7. The van der Waals surface area contributed by atoms with Gasteiger partial charge in [-0.3, -0.25) is 0 Å². The summed E-state index contributed by atoms with van der Waals surface area (Å²) >= 11 is 6.07. The Morgan fingerprint density at radius 1 is 1.00 bits per heavy atom. The fraction of sp³-hybridized carbons (Fsp3) is 0.182. The number of aliphatic hydroxyl groups excluding tert-OH is 1. The minimum absolute atomic E-state index is 0.386. The summed E-state index contributed by atoms with van der Waals surface area (Å²) < 4.78 is 7.52. The Kier molecular flexibility index (Phi) is 4.92. The van der Waals surface area contributed by atoms with Crippen LogP contribution in [0.25, 0.3) is 21.8 Å². The van der Waals surface area contributed by atoms with Gasteiger partial charge < -0.3 is 19.7 Å². The molecule has 1 aromatic heterocycles. The molecule has 0 unspecified atom stereocenters. The van der Waals surface area contributed by atoms with E-state index in [4.69, 9.17) is 16.3 Å². The van der Waals surface area contributed by atoms with Gasteiger partial charge in [0.1, 0.15) is 5.75 Å². The van der Waals surface area contributed by atoms with Crippen LogP contribution in [-0.2, 0) is 6.54 Å². The highest BCUT2D eigenvalue weighted by atomic mass is 35.5. The van der Waals surface area contributed by atoms with E-state index in [0.29, 0.717) is 23.9 Å². The second-order valence-electron chi connectivity index (χ2n) is 6.52. The maximum Gasteiger partial charge on any atom is 0.142 e. The van der Waals surface area contributed by atoms with Crippen LogP contribution in [0.3, 0.4) is 0 Å². The lowest BCUT2D eigenvalue weighted by Gasteiger charge is -2.17. The van der Waals surface area contributed by atoms with Crippen LogP contribution in [0, 0.1) is 0 Å². The quantitative estimate of drug-likeness (QED) is 0.498. The third-order valence-electron chi connectivity index (χ3n) is 4.76. The van der Waals surface area contributed by atoms with E-state index in [1.54, 1.807) is 19.2 Å². The number of nitrogens with zero attached hydrogens (tertiary/aromatic N) is 1. The molecule has 0 aliphatic rings. The van der Waals surface area contributed by atoms with E-state index in [1.807, 2.05) is 30.3 Å². The van der Waals surface area contributed by atoms with Crippen LogP contribution in [0.1, 0.15) is 0 Å². The minimum Gasteiger partial charge on any atom is -0.495 e. The Morgan fingerprint density at radius 2 is 1.63 bits per heavy atom. The molecule has 1 atom stereocenters. The lowest BCUT2D eigenvalue weighted by Crippen LogP contribution is -2.25. The number of hydrogen-bond donors (Lipinski definition) is 2. The Hall–Kier alpha value is -2.69. The number of halogens is 1. The van der Waals surface area contributed by atoms with E-state index >= 15 is 0 Å². The zero-order valence-corrected chi connectivity index (χ0v) is 15.8. The SMILES string of the molecule is COc1ccc(Cl)cc1NC[C@H](O)Cn1c2ccccc2c2ccccc21. The number of anilines is 1. The molecule has 27 heavy (non-hydrogen) atoms. The molecule has 0 aliphatic carbocycles. The molecule has 0 aliphatic heterocycles. The Bertz CT molecular complexity index is 1040. The van der Waals surface area contributed by atoms with Gasteiger partial charge >= 0.3 is 0 Å². The van der Waals surface area contributed by atoms with E-state index < -0.39 is 6.10 Å². The highest BCUT2D eigenvalue weighted by Gasteiger charge is 2.14. The molecular weight excluding hydrogens is 360 g/mol. The molecule has 0 saturated heterocycles. The summed E-state index contributed by atoms with van der Waals surface area (Å²) in [6.07, 6.45) is -0.576. The number of methoxy groups -OCH3 is 1. The predicted octanol–water partition coefficient (Wildman–Crippen LogP) is 4.93. The van der Waals surface area contributed by atoms with Gasteiger partial charge in [-0.1, -0.05) is 48.0 Å². The number of aliphatic hydroxyl groups is 1. The van der Waals surface area contributed by atoms with Gasteiger partial charge in [0.05, 0.1) is 25.4 Å². The summed E-state index contributed by atoms with van der Waals surface area (Å²) in [4.78, 5) is 0. The number of ether oxygens (including phenoxy) is 1. The molecule has 4 aromatic rings. The van der Waals surface area contributed by atoms with Gasteiger partial charge in [0.25, 0.3) is 0 Å². The molecule has 4 rings (SSSR count). The van der Waals surface area contributed by atoms with Gasteiger partial charge in [-0.05, 0) is 30.3 Å². The highest BCUT2D eigenvalue weighted by molar-refractivity contribution is 6.30. The Balaban J connectivity index is 1.58. The first-order valence-electron chi connectivity index (χ1n) is 8.89. The first-order chi connectivity index (χ1) is 13.2. The average molecular weight is 381 g/mol. The van der Waals surface area contributed by atoms with Gasteiger partial charge in [-0.25, -0.2) is 0 Å². The second-order valence-corrected chi connectivity index (χ2v) is 6.96. The van der Waals surface area contributed by atoms with Crippen LogP contribution in [0.2, 0.25) is 5.02 Å². The van der Waals surface area contributed by atoms with Gasteiger partial charge in [-0.15, -0.1) is 0 Å². The largest absolute Gasteiger partial charge is 0.495 e. The summed E-state index contributed by atoms with van der Waals surface area (Å²) in [6, 6.07) is 22.0. The Labute approximate surface area is 162 Å². The van der Waals surface area contributed by atoms with Crippen LogP contribution < -0.4 is 10.1 Å². The molecule has 0 fully saturated rings. The molecule has 2 N–H and O–H groups in total. The van der Waals surface area contributed by atoms with Crippen LogP contribution >= 0.6 is 11.6 Å². The van der Waals surface area contributed by atoms with Crippen molar-refractivity contribution in [3.05, 3.63) is 71.8 Å². The van der Waals surface area contributed by atoms with Crippen LogP contribution in [0.15, 0.2) is 66.7 Å². The van der Waals surface area contributed by atoms with Crippen LogP contribution in [0.4, 0.5) is 5.69 Å². The zero-order valence-electron chi connectivity index (χ0n) is 15.0. The molecule has 0 bridgehead atoms. The van der Waals surface area contributed by atoms with Crippen LogP contribution in [-0.4, -0.2) is 29.4 Å². The van der Waals surface area contributed by atoms with Crippen molar-refractivity contribution in [3.8, 4) is 5.75 Å². The van der Waals surface area contributed by atoms with Gasteiger partial charge in [0.15, 0.2) is 0 Å². The second kappa shape index (κ2) is 7.51. The van der Waals surface area contributed by atoms with Crippen molar-refractivity contribution >= 4 is 39.1 Å². The normalized spacial score (nSPS) is 12.4. The molecule has 138 valence electrons. The molecule has 3 aromatic carbocycles. The van der Waals surface area contributed by atoms with Crippen molar-refractivity contribution < 1.29 is 9.84 Å². The fourth-order valence-electron chi connectivity index (χ4n) is 3.52. The lowest BCUT2D eigenvalue weighted by molar-refractivity contribution is 0.169.